The number of amidine groups is 1. The van der Waals surface area contributed by atoms with Crippen molar-refractivity contribution in [2.75, 3.05) is 6.54 Å². The molecule has 0 aromatic rings. The molecule has 1 aliphatic rings. The smallest absolute Gasteiger partial charge is 0.400 e. The monoisotopic (exact) mass is 295 g/mol. The van der Waals surface area contributed by atoms with Gasteiger partial charge in [0.25, 0.3) is 0 Å². The van der Waals surface area contributed by atoms with E-state index in [1.807, 2.05) is 0 Å². The van der Waals surface area contributed by atoms with Gasteiger partial charge in [-0.05, 0) is 24.7 Å². The number of halogens is 3. The summed E-state index contributed by atoms with van der Waals surface area (Å²) in [4.78, 5) is 0. The second-order valence-electron chi connectivity index (χ2n) is 5.83. The summed E-state index contributed by atoms with van der Waals surface area (Å²) in [6, 6.07) is 0.0695. The minimum absolute atomic E-state index is 0.0695. The largest absolute Gasteiger partial charge is 0.409 e. The van der Waals surface area contributed by atoms with E-state index in [-0.39, 0.29) is 12.6 Å². The van der Waals surface area contributed by atoms with Crippen LogP contribution in [0.15, 0.2) is 5.16 Å². The van der Waals surface area contributed by atoms with Crippen LogP contribution in [0.5, 0.6) is 0 Å². The molecule has 0 radical (unpaired) electrons. The maximum atomic E-state index is 12.9. The van der Waals surface area contributed by atoms with Crippen molar-refractivity contribution in [3.63, 3.8) is 0 Å². The fourth-order valence-corrected chi connectivity index (χ4v) is 2.94. The quantitative estimate of drug-likeness (QED) is 0.316. The highest BCUT2D eigenvalue weighted by Gasteiger charge is 2.43. The van der Waals surface area contributed by atoms with Gasteiger partial charge in [0, 0.05) is 12.6 Å². The zero-order valence-corrected chi connectivity index (χ0v) is 12.0. The number of hydrogen-bond donors (Lipinski definition) is 3. The third-order valence-electron chi connectivity index (χ3n) is 4.13. The average Bonchev–Trinajstić information content (AvgIpc) is 2.37. The highest BCUT2D eigenvalue weighted by Crippen LogP contribution is 2.31. The van der Waals surface area contributed by atoms with Gasteiger partial charge in [-0.2, -0.15) is 13.2 Å². The van der Waals surface area contributed by atoms with E-state index in [9.17, 15) is 13.2 Å². The molecule has 1 fully saturated rings. The van der Waals surface area contributed by atoms with Gasteiger partial charge in [0.1, 0.15) is 5.92 Å². The molecule has 0 spiro atoms. The van der Waals surface area contributed by atoms with Crippen LogP contribution in [0.1, 0.15) is 39.5 Å². The van der Waals surface area contributed by atoms with Crippen LogP contribution in [0.2, 0.25) is 0 Å². The molecule has 0 amide bonds. The predicted octanol–water partition coefficient (Wildman–Crippen LogP) is 2.72. The molecule has 1 rings (SSSR count). The molecular weight excluding hydrogens is 271 g/mol. The van der Waals surface area contributed by atoms with E-state index in [1.54, 1.807) is 0 Å². The molecule has 3 unspecified atom stereocenters. The molecule has 0 bridgehead atoms. The van der Waals surface area contributed by atoms with E-state index in [4.69, 9.17) is 10.9 Å². The summed E-state index contributed by atoms with van der Waals surface area (Å²) in [5, 5.41) is 14.0. The first-order valence-electron chi connectivity index (χ1n) is 7.04. The molecule has 1 aliphatic carbocycles. The summed E-state index contributed by atoms with van der Waals surface area (Å²) in [6.45, 7) is 3.85. The van der Waals surface area contributed by atoms with Gasteiger partial charge in [0.2, 0.25) is 0 Å². The molecule has 0 aliphatic heterocycles. The van der Waals surface area contributed by atoms with Gasteiger partial charge < -0.3 is 16.3 Å². The number of nitrogens with two attached hydrogens (primary N) is 1. The van der Waals surface area contributed by atoms with Crippen LogP contribution < -0.4 is 11.1 Å². The Morgan fingerprint density at radius 2 is 1.95 bits per heavy atom. The summed E-state index contributed by atoms with van der Waals surface area (Å²) in [6.07, 6.45) is -0.435. The lowest BCUT2D eigenvalue weighted by atomic mass is 9.77. The maximum absolute atomic E-state index is 12.9. The molecule has 0 aromatic heterocycles. The zero-order chi connectivity index (χ0) is 15.3. The summed E-state index contributed by atoms with van der Waals surface area (Å²) in [5.74, 6) is -1.92. The highest BCUT2D eigenvalue weighted by molar-refractivity contribution is 5.83. The number of alkyl halides is 3. The van der Waals surface area contributed by atoms with Gasteiger partial charge in [-0.1, -0.05) is 31.8 Å². The Morgan fingerprint density at radius 3 is 2.45 bits per heavy atom. The SMILES string of the molecule is CC(C)C1CCCCC1NCC(C(N)=NO)C(F)(F)F. The molecule has 3 atom stereocenters. The van der Waals surface area contributed by atoms with Gasteiger partial charge in [0.05, 0.1) is 0 Å². The number of nitrogens with one attached hydrogen (secondary N) is 1. The molecule has 0 aromatic carbocycles. The first kappa shape index (κ1) is 17.1. The van der Waals surface area contributed by atoms with Crippen LogP contribution in [0.3, 0.4) is 0 Å². The first-order valence-corrected chi connectivity index (χ1v) is 7.04. The lowest BCUT2D eigenvalue weighted by Gasteiger charge is -2.36. The number of oxime groups is 1. The van der Waals surface area contributed by atoms with Crippen molar-refractivity contribution in [3.8, 4) is 0 Å². The Kier molecular flexibility index (Phi) is 6.10. The van der Waals surface area contributed by atoms with E-state index >= 15 is 0 Å². The van der Waals surface area contributed by atoms with Gasteiger partial charge >= 0.3 is 6.18 Å². The molecule has 1 saturated carbocycles. The topological polar surface area (TPSA) is 70.6 Å². The van der Waals surface area contributed by atoms with E-state index < -0.39 is 17.9 Å². The highest BCUT2D eigenvalue weighted by atomic mass is 19.4. The van der Waals surface area contributed by atoms with E-state index in [2.05, 4.69) is 24.3 Å². The van der Waals surface area contributed by atoms with Crippen molar-refractivity contribution >= 4 is 5.84 Å². The summed E-state index contributed by atoms with van der Waals surface area (Å²) >= 11 is 0. The van der Waals surface area contributed by atoms with Crippen molar-refractivity contribution in [3.05, 3.63) is 0 Å². The average molecular weight is 295 g/mol. The second kappa shape index (κ2) is 7.15. The van der Waals surface area contributed by atoms with Crippen molar-refractivity contribution in [1.29, 1.82) is 0 Å². The molecule has 118 valence electrons. The van der Waals surface area contributed by atoms with Crippen LogP contribution in [0.25, 0.3) is 0 Å². The summed E-state index contributed by atoms with van der Waals surface area (Å²) in [5.41, 5.74) is 5.15. The standard InChI is InChI=1S/C13H24F3N3O/c1-8(2)9-5-3-4-6-11(9)18-7-10(12(17)19-20)13(14,15)16/h8-11,18,20H,3-7H2,1-2H3,(H2,17,19). The Morgan fingerprint density at radius 1 is 1.35 bits per heavy atom. The van der Waals surface area contributed by atoms with Crippen LogP contribution in [0.4, 0.5) is 13.2 Å². The summed E-state index contributed by atoms with van der Waals surface area (Å²) in [7, 11) is 0. The van der Waals surface area contributed by atoms with Crippen LogP contribution in [0, 0.1) is 17.8 Å². The van der Waals surface area contributed by atoms with Crippen molar-refractivity contribution in [2.45, 2.75) is 51.7 Å². The van der Waals surface area contributed by atoms with E-state index in [1.165, 1.54) is 0 Å². The molecule has 4 N–H and O–H groups in total. The molecule has 0 saturated heterocycles. The first-order chi connectivity index (χ1) is 9.27. The van der Waals surface area contributed by atoms with E-state index in [0.717, 1.165) is 25.7 Å². The third kappa shape index (κ3) is 4.54. The predicted molar refractivity (Wildman–Crippen MR) is 71.5 cm³/mol. The third-order valence-corrected chi connectivity index (χ3v) is 4.13. The minimum atomic E-state index is -4.51. The Balaban J connectivity index is 2.66. The normalized spacial score (nSPS) is 26.8. The molecule has 4 nitrogen and oxygen atoms in total. The van der Waals surface area contributed by atoms with Crippen LogP contribution >= 0.6 is 0 Å². The van der Waals surface area contributed by atoms with Gasteiger partial charge in [0.15, 0.2) is 5.84 Å². The molecule has 7 heteroatoms. The number of nitrogens with zero attached hydrogens (tertiary/aromatic N) is 1. The Hall–Kier alpha value is -0.980. The lowest BCUT2D eigenvalue weighted by Crippen LogP contribution is -2.48. The Labute approximate surface area is 117 Å². The zero-order valence-electron chi connectivity index (χ0n) is 12.0. The van der Waals surface area contributed by atoms with Gasteiger partial charge in [-0.25, -0.2) is 0 Å². The lowest BCUT2D eigenvalue weighted by molar-refractivity contribution is -0.155. The molecule has 20 heavy (non-hydrogen) atoms. The van der Waals surface area contributed by atoms with E-state index in [0.29, 0.717) is 11.8 Å². The number of hydrogen-bond acceptors (Lipinski definition) is 3. The van der Waals surface area contributed by atoms with Crippen molar-refractivity contribution < 1.29 is 18.4 Å². The maximum Gasteiger partial charge on any atom is 0.400 e. The van der Waals surface area contributed by atoms with Gasteiger partial charge in [-0.3, -0.25) is 0 Å². The van der Waals surface area contributed by atoms with Crippen molar-refractivity contribution in [2.24, 2.45) is 28.6 Å². The van der Waals surface area contributed by atoms with Crippen LogP contribution in [-0.2, 0) is 0 Å². The Bertz CT molecular complexity index is 331. The minimum Gasteiger partial charge on any atom is -0.409 e. The fourth-order valence-electron chi connectivity index (χ4n) is 2.94. The molecule has 0 heterocycles. The second-order valence-corrected chi connectivity index (χ2v) is 5.83. The fraction of sp³-hybridized carbons (Fsp3) is 0.923. The summed E-state index contributed by atoms with van der Waals surface area (Å²) < 4.78 is 38.6. The number of rotatable bonds is 5. The van der Waals surface area contributed by atoms with Crippen molar-refractivity contribution in [1.82, 2.24) is 5.32 Å². The molecular formula is C13H24F3N3O. The van der Waals surface area contributed by atoms with Gasteiger partial charge in [-0.15, -0.1) is 0 Å². The van der Waals surface area contributed by atoms with Crippen LogP contribution in [-0.4, -0.2) is 29.8 Å².